The van der Waals surface area contributed by atoms with Crippen molar-refractivity contribution in [3.05, 3.63) is 204 Å². The van der Waals surface area contributed by atoms with E-state index >= 15 is 0 Å². The minimum atomic E-state index is 0.373. The quantitative estimate of drug-likeness (QED) is 0.160. The fourth-order valence-corrected chi connectivity index (χ4v) is 11.0. The summed E-state index contributed by atoms with van der Waals surface area (Å²) in [5, 5.41) is 10.4. The van der Waals surface area contributed by atoms with Gasteiger partial charge < -0.3 is 9.80 Å². The van der Waals surface area contributed by atoms with Crippen LogP contribution in [0.3, 0.4) is 0 Å². The average molecular weight is 785 g/mol. The van der Waals surface area contributed by atoms with Crippen LogP contribution in [0.1, 0.15) is 48.4 Å². The van der Waals surface area contributed by atoms with Gasteiger partial charge in [-0.05, 0) is 162 Å². The number of anilines is 4. The third kappa shape index (κ3) is 6.07. The maximum absolute atomic E-state index is 2.57. The summed E-state index contributed by atoms with van der Waals surface area (Å²) in [6.45, 7) is 4.41. The highest BCUT2D eigenvalue weighted by Crippen LogP contribution is 2.49. The largest absolute Gasteiger partial charge is 0.341 e. The Balaban J connectivity index is 1.18. The molecule has 9 aromatic rings. The van der Waals surface area contributed by atoms with E-state index in [1.165, 1.54) is 110 Å². The SMILES string of the molecule is CC1C=C(c2c3cc(N4CCCc5ccccc54)ccc3c(-c3cccc4ccccc34)c3cc(N4CCCc5ccccc54)ccc23)C=C(c2cccc3ccccc23)C1. The van der Waals surface area contributed by atoms with Crippen LogP contribution in [0.5, 0.6) is 0 Å². The summed E-state index contributed by atoms with van der Waals surface area (Å²) in [6, 6.07) is 64.2. The molecular weight excluding hydrogens is 737 g/mol. The first kappa shape index (κ1) is 36.0. The number of fused-ring (bicyclic) bond motifs is 6. The molecule has 3 aliphatic rings. The van der Waals surface area contributed by atoms with E-state index in [-0.39, 0.29) is 0 Å². The summed E-state index contributed by atoms with van der Waals surface area (Å²) in [5.74, 6) is 0.373. The number of nitrogens with zero attached hydrogens (tertiary/aromatic N) is 2. The molecule has 0 amide bonds. The fraction of sp³-hybridized carbons (Fsp3) is 0.153. The van der Waals surface area contributed by atoms with Crippen molar-refractivity contribution >= 4 is 77.0 Å². The molecule has 0 spiro atoms. The Labute approximate surface area is 358 Å². The maximum atomic E-state index is 2.57. The monoisotopic (exact) mass is 784 g/mol. The number of hydrogen-bond donors (Lipinski definition) is 0. The first-order valence-electron chi connectivity index (χ1n) is 22.3. The van der Waals surface area contributed by atoms with Crippen molar-refractivity contribution in [1.29, 1.82) is 0 Å². The van der Waals surface area contributed by atoms with Gasteiger partial charge in [-0.2, -0.15) is 0 Å². The number of hydrogen-bond acceptors (Lipinski definition) is 2. The number of para-hydroxylation sites is 2. The predicted octanol–water partition coefficient (Wildman–Crippen LogP) is 15.6. The number of allylic oxidation sites excluding steroid dienone is 4. The van der Waals surface area contributed by atoms with Gasteiger partial charge >= 0.3 is 0 Å². The molecular formula is C59H48N2. The first-order chi connectivity index (χ1) is 30.2. The molecule has 9 aromatic carbocycles. The fourth-order valence-electron chi connectivity index (χ4n) is 11.0. The summed E-state index contributed by atoms with van der Waals surface area (Å²) < 4.78 is 0. The van der Waals surface area contributed by atoms with Crippen LogP contribution in [0.15, 0.2) is 182 Å². The highest BCUT2D eigenvalue weighted by atomic mass is 15.1. The van der Waals surface area contributed by atoms with Crippen molar-refractivity contribution in [2.45, 2.75) is 39.0 Å². The van der Waals surface area contributed by atoms with Crippen LogP contribution < -0.4 is 9.80 Å². The van der Waals surface area contributed by atoms with Crippen LogP contribution in [-0.4, -0.2) is 13.1 Å². The van der Waals surface area contributed by atoms with Crippen molar-refractivity contribution in [2.75, 3.05) is 22.9 Å². The molecule has 0 saturated carbocycles. The minimum absolute atomic E-state index is 0.373. The standard InChI is InChI=1S/C59H48N2/c1-39-34-44(50-24-10-18-40-14-2-6-22-48(40)50)36-45(35-39)58-52-30-28-47(61-33-13-21-43-17-5-9-27-57(43)61)38-55(52)59(51-25-11-19-41-15-3-7-23-49(41)51)53-31-29-46(37-54(53)58)60-32-12-20-42-16-4-8-26-56(42)60/h2-11,14-19,22-31,35-39H,12-13,20-21,32-34H2,1H3. The van der Waals surface area contributed by atoms with Crippen LogP contribution in [0.25, 0.3) is 65.4 Å². The van der Waals surface area contributed by atoms with Gasteiger partial charge in [-0.15, -0.1) is 0 Å². The molecule has 0 radical (unpaired) electrons. The lowest BCUT2D eigenvalue weighted by Gasteiger charge is -2.33. The number of rotatable bonds is 5. The Bertz CT molecular complexity index is 3260. The van der Waals surface area contributed by atoms with Crippen LogP contribution in [0.2, 0.25) is 0 Å². The second kappa shape index (κ2) is 14.7. The molecule has 2 heteroatoms. The zero-order valence-corrected chi connectivity index (χ0v) is 34.7. The third-order valence-electron chi connectivity index (χ3n) is 13.7. The van der Waals surface area contributed by atoms with Crippen molar-refractivity contribution < 1.29 is 0 Å². The van der Waals surface area contributed by atoms with Gasteiger partial charge in [0.2, 0.25) is 0 Å². The van der Waals surface area contributed by atoms with E-state index in [1.807, 2.05) is 0 Å². The molecule has 2 heterocycles. The lowest BCUT2D eigenvalue weighted by molar-refractivity contribution is 0.752. The van der Waals surface area contributed by atoms with E-state index < -0.39 is 0 Å². The van der Waals surface area contributed by atoms with E-state index in [1.54, 1.807) is 0 Å². The second-order valence-corrected chi connectivity index (χ2v) is 17.5. The van der Waals surface area contributed by atoms with Crippen molar-refractivity contribution in [3.63, 3.8) is 0 Å². The highest BCUT2D eigenvalue weighted by molar-refractivity contribution is 6.23. The number of aryl methyl sites for hydroxylation is 2. The summed E-state index contributed by atoms with van der Waals surface area (Å²) in [5.41, 5.74) is 16.0. The van der Waals surface area contributed by atoms with Crippen molar-refractivity contribution in [1.82, 2.24) is 0 Å². The Morgan fingerprint density at radius 2 is 0.951 bits per heavy atom. The maximum Gasteiger partial charge on any atom is 0.0443 e. The van der Waals surface area contributed by atoms with Gasteiger partial charge in [0.05, 0.1) is 0 Å². The molecule has 0 N–H and O–H groups in total. The van der Waals surface area contributed by atoms with Crippen LogP contribution in [-0.2, 0) is 12.8 Å². The van der Waals surface area contributed by atoms with Crippen LogP contribution in [0.4, 0.5) is 22.7 Å². The van der Waals surface area contributed by atoms with E-state index in [4.69, 9.17) is 0 Å². The van der Waals surface area contributed by atoms with Gasteiger partial charge in [0.25, 0.3) is 0 Å². The normalized spacial score (nSPS) is 16.4. The number of benzene rings is 9. The van der Waals surface area contributed by atoms with Crippen LogP contribution in [0, 0.1) is 5.92 Å². The van der Waals surface area contributed by atoms with E-state index in [9.17, 15) is 0 Å². The molecule has 0 fully saturated rings. The zero-order chi connectivity index (χ0) is 40.4. The summed E-state index contributed by atoms with van der Waals surface area (Å²) in [4.78, 5) is 5.13. The van der Waals surface area contributed by atoms with Gasteiger partial charge in [-0.3, -0.25) is 0 Å². The van der Waals surface area contributed by atoms with Gasteiger partial charge in [0, 0.05) is 35.8 Å². The lowest BCUT2D eigenvalue weighted by atomic mass is 9.79. The molecule has 12 rings (SSSR count). The van der Waals surface area contributed by atoms with Crippen LogP contribution >= 0.6 is 0 Å². The van der Waals surface area contributed by atoms with E-state index in [0.29, 0.717) is 5.92 Å². The van der Waals surface area contributed by atoms with Gasteiger partial charge in [0.1, 0.15) is 0 Å². The summed E-state index contributed by atoms with van der Waals surface area (Å²) in [6.07, 6.45) is 10.6. The smallest absolute Gasteiger partial charge is 0.0443 e. The Hall–Kier alpha value is -6.90. The topological polar surface area (TPSA) is 6.48 Å². The second-order valence-electron chi connectivity index (χ2n) is 17.5. The van der Waals surface area contributed by atoms with E-state index in [2.05, 4.69) is 199 Å². The summed E-state index contributed by atoms with van der Waals surface area (Å²) >= 11 is 0. The van der Waals surface area contributed by atoms with E-state index in [0.717, 1.165) is 45.2 Å². The molecule has 0 aromatic heterocycles. The third-order valence-corrected chi connectivity index (χ3v) is 13.7. The molecule has 2 nitrogen and oxygen atoms in total. The van der Waals surface area contributed by atoms with Gasteiger partial charge in [-0.25, -0.2) is 0 Å². The highest BCUT2D eigenvalue weighted by Gasteiger charge is 2.26. The molecule has 0 bridgehead atoms. The molecule has 61 heavy (non-hydrogen) atoms. The molecule has 294 valence electrons. The molecule has 1 unspecified atom stereocenters. The molecule has 0 saturated heterocycles. The molecule has 1 atom stereocenters. The molecule has 1 aliphatic carbocycles. The minimum Gasteiger partial charge on any atom is -0.341 e. The zero-order valence-electron chi connectivity index (χ0n) is 34.7. The first-order valence-corrected chi connectivity index (χ1v) is 22.3. The van der Waals surface area contributed by atoms with Crippen molar-refractivity contribution in [3.8, 4) is 11.1 Å². The summed E-state index contributed by atoms with van der Waals surface area (Å²) in [7, 11) is 0. The Kier molecular flexibility index (Phi) is 8.66. The van der Waals surface area contributed by atoms with Gasteiger partial charge in [-0.1, -0.05) is 153 Å². The Morgan fingerprint density at radius 3 is 1.59 bits per heavy atom. The molecule has 2 aliphatic heterocycles. The van der Waals surface area contributed by atoms with Crippen molar-refractivity contribution in [2.24, 2.45) is 5.92 Å². The predicted molar refractivity (Wildman–Crippen MR) is 262 cm³/mol. The Morgan fingerprint density at radius 1 is 0.443 bits per heavy atom. The average Bonchev–Trinajstić information content (AvgIpc) is 3.32. The lowest BCUT2D eigenvalue weighted by Crippen LogP contribution is -2.24. The van der Waals surface area contributed by atoms with Gasteiger partial charge in [0.15, 0.2) is 0 Å².